The lowest BCUT2D eigenvalue weighted by molar-refractivity contribution is -0.118. The van der Waals surface area contributed by atoms with Gasteiger partial charge in [-0.15, -0.1) is 11.8 Å². The Labute approximate surface area is 151 Å². The maximum Gasteiger partial charge on any atom is 0.230 e. The molecule has 2 aromatic carbocycles. The minimum Gasteiger partial charge on any atom is -0.351 e. The molecule has 1 amide bonds. The summed E-state index contributed by atoms with van der Waals surface area (Å²) in [4.78, 5) is 13.2. The van der Waals surface area contributed by atoms with Gasteiger partial charge in [0.05, 0.1) is 5.75 Å². The quantitative estimate of drug-likeness (QED) is 0.628. The van der Waals surface area contributed by atoms with E-state index in [1.54, 1.807) is 23.9 Å². The third-order valence-corrected chi connectivity index (χ3v) is 5.02. The first-order valence-corrected chi connectivity index (χ1v) is 9.37. The smallest absolute Gasteiger partial charge is 0.230 e. The molecule has 0 saturated heterocycles. The van der Waals surface area contributed by atoms with Crippen LogP contribution in [-0.2, 0) is 17.9 Å². The van der Waals surface area contributed by atoms with Crippen molar-refractivity contribution in [3.05, 3.63) is 66.1 Å². The third-order valence-electron chi connectivity index (χ3n) is 3.98. The molecule has 0 atom stereocenters. The molecule has 0 unspecified atom stereocenters. The lowest BCUT2D eigenvalue weighted by atomic mass is 10.2. The van der Waals surface area contributed by atoms with Crippen LogP contribution in [0.1, 0.15) is 18.9 Å². The number of hydrogen-bond acceptors (Lipinski definition) is 2. The number of halogens is 1. The minimum absolute atomic E-state index is 0.0263. The fourth-order valence-electron chi connectivity index (χ4n) is 2.75. The Morgan fingerprint density at radius 3 is 2.68 bits per heavy atom. The molecule has 3 nitrogen and oxygen atoms in total. The molecule has 0 aliphatic carbocycles. The van der Waals surface area contributed by atoms with Crippen LogP contribution in [0, 0.1) is 5.82 Å². The number of thioether (sulfide) groups is 1. The first-order chi connectivity index (χ1) is 12.2. The zero-order valence-electron chi connectivity index (χ0n) is 14.2. The average Bonchev–Trinajstić information content (AvgIpc) is 2.98. The Morgan fingerprint density at radius 1 is 1.16 bits per heavy atom. The van der Waals surface area contributed by atoms with Crippen molar-refractivity contribution in [2.45, 2.75) is 31.3 Å². The van der Waals surface area contributed by atoms with E-state index in [1.807, 2.05) is 12.1 Å². The van der Waals surface area contributed by atoms with Crippen LogP contribution in [0.4, 0.5) is 4.39 Å². The molecule has 3 rings (SSSR count). The van der Waals surface area contributed by atoms with Gasteiger partial charge in [-0.3, -0.25) is 4.79 Å². The van der Waals surface area contributed by atoms with Gasteiger partial charge in [0, 0.05) is 35.1 Å². The van der Waals surface area contributed by atoms with Crippen LogP contribution >= 0.6 is 11.8 Å². The van der Waals surface area contributed by atoms with Crippen LogP contribution in [0.2, 0.25) is 0 Å². The number of fused-ring (bicyclic) bond motifs is 1. The highest BCUT2D eigenvalue weighted by molar-refractivity contribution is 8.00. The number of benzene rings is 2. The summed E-state index contributed by atoms with van der Waals surface area (Å²) in [6, 6.07) is 14.4. The summed E-state index contributed by atoms with van der Waals surface area (Å²) in [5.41, 5.74) is 2.10. The zero-order valence-corrected chi connectivity index (χ0v) is 15.0. The molecule has 0 spiro atoms. The van der Waals surface area contributed by atoms with Gasteiger partial charge in [-0.2, -0.15) is 0 Å². The largest absolute Gasteiger partial charge is 0.351 e. The van der Waals surface area contributed by atoms with Crippen molar-refractivity contribution in [3.63, 3.8) is 0 Å². The van der Waals surface area contributed by atoms with Gasteiger partial charge in [0.1, 0.15) is 5.82 Å². The van der Waals surface area contributed by atoms with E-state index in [1.165, 1.54) is 23.0 Å². The van der Waals surface area contributed by atoms with Crippen molar-refractivity contribution < 1.29 is 9.18 Å². The first kappa shape index (κ1) is 17.5. The lowest BCUT2D eigenvalue weighted by Gasteiger charge is -2.05. The van der Waals surface area contributed by atoms with Crippen molar-refractivity contribution in [3.8, 4) is 0 Å². The topological polar surface area (TPSA) is 34.0 Å². The van der Waals surface area contributed by atoms with Crippen LogP contribution in [0.15, 0.2) is 59.6 Å². The molecule has 0 aliphatic rings. The Morgan fingerprint density at radius 2 is 1.92 bits per heavy atom. The summed E-state index contributed by atoms with van der Waals surface area (Å²) in [5, 5.41) is 4.07. The fraction of sp³-hybridized carbons (Fsp3) is 0.250. The molecular weight excluding hydrogens is 335 g/mol. The Bertz CT molecular complexity index is 858. The van der Waals surface area contributed by atoms with Crippen molar-refractivity contribution in [1.29, 1.82) is 0 Å². The summed E-state index contributed by atoms with van der Waals surface area (Å²) in [5.74, 6) is 0.0668. The van der Waals surface area contributed by atoms with E-state index in [0.29, 0.717) is 12.3 Å². The van der Waals surface area contributed by atoms with E-state index in [2.05, 4.69) is 35.1 Å². The molecule has 1 N–H and O–H groups in total. The third kappa shape index (κ3) is 4.42. The molecule has 130 valence electrons. The molecule has 0 bridgehead atoms. The first-order valence-electron chi connectivity index (χ1n) is 8.39. The summed E-state index contributed by atoms with van der Waals surface area (Å²) < 4.78 is 15.1. The second-order valence-electron chi connectivity index (χ2n) is 5.90. The number of carbonyl (C=O) groups is 1. The number of hydrogen-bond donors (Lipinski definition) is 1. The zero-order chi connectivity index (χ0) is 17.6. The number of para-hydroxylation sites is 1. The van der Waals surface area contributed by atoms with Gasteiger partial charge in [0.2, 0.25) is 5.91 Å². The molecule has 0 aliphatic heterocycles. The standard InChI is InChI=1S/C20H21FN2OS/c1-2-11-23-13-19(17-5-3-4-6-18(17)23)25-14-20(24)22-12-15-7-9-16(21)10-8-15/h3-10,13H,2,11-12,14H2,1H3,(H,22,24). The summed E-state index contributed by atoms with van der Waals surface area (Å²) in [6.07, 6.45) is 3.20. The molecule has 1 aromatic heterocycles. The summed E-state index contributed by atoms with van der Waals surface area (Å²) in [6.45, 7) is 3.54. The van der Waals surface area contributed by atoms with Gasteiger partial charge in [0.25, 0.3) is 0 Å². The van der Waals surface area contributed by atoms with Gasteiger partial charge in [0.15, 0.2) is 0 Å². The van der Waals surface area contributed by atoms with Crippen LogP contribution < -0.4 is 5.32 Å². The van der Waals surface area contributed by atoms with Gasteiger partial charge in [-0.1, -0.05) is 37.3 Å². The van der Waals surface area contributed by atoms with E-state index >= 15 is 0 Å². The Hall–Kier alpha value is -2.27. The van der Waals surface area contributed by atoms with Crippen molar-refractivity contribution in [2.75, 3.05) is 5.75 Å². The highest BCUT2D eigenvalue weighted by Gasteiger charge is 2.10. The van der Waals surface area contributed by atoms with Crippen LogP contribution in [0.3, 0.4) is 0 Å². The number of carbonyl (C=O) groups excluding carboxylic acids is 1. The van der Waals surface area contributed by atoms with Crippen molar-refractivity contribution in [1.82, 2.24) is 9.88 Å². The second-order valence-corrected chi connectivity index (χ2v) is 6.91. The molecular formula is C20H21FN2OS. The van der Waals surface area contributed by atoms with Crippen LogP contribution in [0.5, 0.6) is 0 Å². The molecule has 5 heteroatoms. The molecule has 0 saturated carbocycles. The predicted molar refractivity (Wildman–Crippen MR) is 101 cm³/mol. The molecule has 25 heavy (non-hydrogen) atoms. The monoisotopic (exact) mass is 356 g/mol. The molecule has 0 fully saturated rings. The van der Waals surface area contributed by atoms with E-state index in [0.717, 1.165) is 23.4 Å². The second kappa shape index (κ2) is 8.21. The number of aryl methyl sites for hydroxylation is 1. The molecule has 1 heterocycles. The minimum atomic E-state index is -0.269. The van der Waals surface area contributed by atoms with E-state index in [-0.39, 0.29) is 11.7 Å². The number of nitrogens with zero attached hydrogens (tertiary/aromatic N) is 1. The highest BCUT2D eigenvalue weighted by atomic mass is 32.2. The maximum atomic E-state index is 12.9. The SMILES string of the molecule is CCCn1cc(SCC(=O)NCc2ccc(F)cc2)c2ccccc21. The van der Waals surface area contributed by atoms with Gasteiger partial charge >= 0.3 is 0 Å². The van der Waals surface area contributed by atoms with E-state index in [9.17, 15) is 9.18 Å². The maximum absolute atomic E-state index is 12.9. The van der Waals surface area contributed by atoms with Gasteiger partial charge < -0.3 is 9.88 Å². The number of amides is 1. The summed E-state index contributed by atoms with van der Waals surface area (Å²) >= 11 is 1.55. The number of rotatable bonds is 7. The lowest BCUT2D eigenvalue weighted by Crippen LogP contribution is -2.24. The Balaban J connectivity index is 1.60. The molecule has 3 aromatic rings. The number of aromatic nitrogens is 1. The van der Waals surface area contributed by atoms with Crippen molar-refractivity contribution >= 4 is 28.6 Å². The van der Waals surface area contributed by atoms with Crippen LogP contribution in [-0.4, -0.2) is 16.2 Å². The average molecular weight is 356 g/mol. The van der Waals surface area contributed by atoms with E-state index < -0.39 is 0 Å². The normalized spacial score (nSPS) is 11.0. The molecule has 0 radical (unpaired) electrons. The summed E-state index contributed by atoms with van der Waals surface area (Å²) in [7, 11) is 0. The van der Waals surface area contributed by atoms with Gasteiger partial charge in [-0.05, 0) is 30.2 Å². The van der Waals surface area contributed by atoms with Crippen LogP contribution in [0.25, 0.3) is 10.9 Å². The Kier molecular flexibility index (Phi) is 5.76. The number of nitrogens with one attached hydrogen (secondary N) is 1. The fourth-order valence-corrected chi connectivity index (χ4v) is 3.67. The van der Waals surface area contributed by atoms with E-state index in [4.69, 9.17) is 0 Å². The van der Waals surface area contributed by atoms with Gasteiger partial charge in [-0.25, -0.2) is 4.39 Å². The predicted octanol–water partition coefficient (Wildman–Crippen LogP) is 4.60. The highest BCUT2D eigenvalue weighted by Crippen LogP contribution is 2.30. The van der Waals surface area contributed by atoms with Crippen molar-refractivity contribution in [2.24, 2.45) is 0 Å².